The number of nitrogens with two attached hydrogens (primary N) is 1. The minimum absolute atomic E-state index is 0.250. The van der Waals surface area contributed by atoms with Crippen molar-refractivity contribution in [1.29, 1.82) is 0 Å². The largest absolute Gasteiger partial charge is 0.483 e. The van der Waals surface area contributed by atoms with Gasteiger partial charge >= 0.3 is 0 Å². The Morgan fingerprint density at radius 1 is 2.00 bits per heavy atom. The van der Waals surface area contributed by atoms with E-state index in [-0.39, 0.29) is 6.47 Å². The summed E-state index contributed by atoms with van der Waals surface area (Å²) in [5.41, 5.74) is 4.85. The molecule has 3 N–H and O–H groups in total. The van der Waals surface area contributed by atoms with Crippen molar-refractivity contribution >= 4 is 6.47 Å². The molecule has 0 heterocycles. The molecule has 0 bridgehead atoms. The highest BCUT2D eigenvalue weighted by Gasteiger charge is 1.32. The fraction of sp³-hybridized carbons (Fsp3) is 0.667. The van der Waals surface area contributed by atoms with Crippen molar-refractivity contribution in [1.82, 2.24) is 0 Å². The first-order valence-electron chi connectivity index (χ1n) is 1.61. The van der Waals surface area contributed by atoms with Crippen molar-refractivity contribution in [2.24, 2.45) is 5.73 Å². The molecule has 0 unspecified atom stereocenters. The summed E-state index contributed by atoms with van der Waals surface area (Å²) in [6.45, 7) is 2.40. The van der Waals surface area contributed by atoms with Crippen LogP contribution in [0.15, 0.2) is 0 Å². The molecule has 0 aromatic rings. The minimum Gasteiger partial charge on any atom is -0.483 e. The topological polar surface area (TPSA) is 63.3 Å². The molecule has 0 spiro atoms. The fourth-order valence-corrected chi connectivity index (χ4v) is 0. The molecular formula is C3H9NO2. The first-order valence-corrected chi connectivity index (χ1v) is 1.61. The van der Waals surface area contributed by atoms with E-state index < -0.39 is 0 Å². The Morgan fingerprint density at radius 2 is 2.00 bits per heavy atom. The minimum atomic E-state index is -0.250. The van der Waals surface area contributed by atoms with E-state index in [1.807, 2.05) is 6.92 Å². The summed E-state index contributed by atoms with van der Waals surface area (Å²) in [6.07, 6.45) is 0. The molecule has 0 fully saturated rings. The van der Waals surface area contributed by atoms with Crippen LogP contribution in [-0.2, 0) is 4.79 Å². The molecule has 38 valence electrons. The molecule has 0 amide bonds. The first kappa shape index (κ1) is 9.06. The number of hydrogen-bond donors (Lipinski definition) is 2. The molecule has 0 saturated heterocycles. The molecule has 0 aliphatic heterocycles. The summed E-state index contributed by atoms with van der Waals surface area (Å²) in [4.78, 5) is 8.36. The monoisotopic (exact) mass is 91.1 g/mol. The highest BCUT2D eigenvalue weighted by atomic mass is 16.3. The van der Waals surface area contributed by atoms with Crippen molar-refractivity contribution in [3.8, 4) is 0 Å². The van der Waals surface area contributed by atoms with Gasteiger partial charge in [-0.15, -0.1) is 0 Å². The van der Waals surface area contributed by atoms with Crippen LogP contribution in [0, 0.1) is 0 Å². The molecule has 6 heavy (non-hydrogen) atoms. The van der Waals surface area contributed by atoms with E-state index in [1.54, 1.807) is 0 Å². The van der Waals surface area contributed by atoms with E-state index in [2.05, 4.69) is 0 Å². The van der Waals surface area contributed by atoms with Crippen LogP contribution in [0.5, 0.6) is 0 Å². The third kappa shape index (κ3) is 62.3. The van der Waals surface area contributed by atoms with Crippen molar-refractivity contribution < 1.29 is 9.90 Å². The molecule has 0 radical (unpaired) electrons. The van der Waals surface area contributed by atoms with Gasteiger partial charge in [-0.05, 0) is 6.54 Å². The molecule has 0 atom stereocenters. The average molecular weight is 91.1 g/mol. The van der Waals surface area contributed by atoms with E-state index >= 15 is 0 Å². The molecule has 0 aliphatic carbocycles. The second-order valence-electron chi connectivity index (χ2n) is 0.514. The van der Waals surface area contributed by atoms with E-state index in [4.69, 9.17) is 15.6 Å². The third-order valence-corrected chi connectivity index (χ3v) is 0. The second-order valence-corrected chi connectivity index (χ2v) is 0.514. The summed E-state index contributed by atoms with van der Waals surface area (Å²) in [5.74, 6) is 0. The summed E-state index contributed by atoms with van der Waals surface area (Å²) in [5, 5.41) is 6.89. The van der Waals surface area contributed by atoms with Gasteiger partial charge in [0.25, 0.3) is 6.47 Å². The van der Waals surface area contributed by atoms with Crippen LogP contribution in [0.1, 0.15) is 6.92 Å². The Morgan fingerprint density at radius 3 is 2.00 bits per heavy atom. The number of rotatable bonds is 0. The second kappa shape index (κ2) is 25.5. The van der Waals surface area contributed by atoms with E-state index in [0.717, 1.165) is 6.54 Å². The SMILES string of the molecule is CCN.O=CO. The maximum atomic E-state index is 8.36. The lowest BCUT2D eigenvalue weighted by molar-refractivity contribution is -0.122. The molecular weight excluding hydrogens is 82.0 g/mol. The van der Waals surface area contributed by atoms with Gasteiger partial charge in [0.2, 0.25) is 0 Å². The van der Waals surface area contributed by atoms with Gasteiger partial charge in [-0.2, -0.15) is 0 Å². The van der Waals surface area contributed by atoms with Crippen LogP contribution in [0.25, 0.3) is 0 Å². The Labute approximate surface area is 36.8 Å². The van der Waals surface area contributed by atoms with Gasteiger partial charge in [0.15, 0.2) is 0 Å². The van der Waals surface area contributed by atoms with Crippen LogP contribution in [0.3, 0.4) is 0 Å². The van der Waals surface area contributed by atoms with Gasteiger partial charge in [0, 0.05) is 0 Å². The molecule has 0 rings (SSSR count). The van der Waals surface area contributed by atoms with Gasteiger partial charge in [-0.25, -0.2) is 0 Å². The van der Waals surface area contributed by atoms with Gasteiger partial charge in [0.1, 0.15) is 0 Å². The number of carbonyl (C=O) groups is 1. The van der Waals surface area contributed by atoms with Crippen molar-refractivity contribution in [2.75, 3.05) is 6.54 Å². The normalized spacial score (nSPS) is 5.00. The maximum Gasteiger partial charge on any atom is 0.290 e. The molecule has 0 aromatic carbocycles. The van der Waals surface area contributed by atoms with Crippen LogP contribution >= 0.6 is 0 Å². The van der Waals surface area contributed by atoms with E-state index in [9.17, 15) is 0 Å². The Bertz CT molecular complexity index is 22.8. The van der Waals surface area contributed by atoms with Crippen molar-refractivity contribution in [3.05, 3.63) is 0 Å². The maximum absolute atomic E-state index is 8.36. The zero-order valence-electron chi connectivity index (χ0n) is 3.72. The molecule has 0 saturated carbocycles. The van der Waals surface area contributed by atoms with Crippen LogP contribution in [-0.4, -0.2) is 18.1 Å². The van der Waals surface area contributed by atoms with E-state index in [1.165, 1.54) is 0 Å². The number of carboxylic acid groups (broad SMARTS) is 1. The van der Waals surface area contributed by atoms with Crippen molar-refractivity contribution in [2.45, 2.75) is 6.92 Å². The predicted molar refractivity (Wildman–Crippen MR) is 23.4 cm³/mol. The van der Waals surface area contributed by atoms with Gasteiger partial charge < -0.3 is 10.8 Å². The lowest BCUT2D eigenvalue weighted by Crippen LogP contribution is -1.87. The van der Waals surface area contributed by atoms with E-state index in [0.29, 0.717) is 0 Å². The van der Waals surface area contributed by atoms with Crippen LogP contribution < -0.4 is 5.73 Å². The van der Waals surface area contributed by atoms with Gasteiger partial charge in [0.05, 0.1) is 0 Å². The summed E-state index contributed by atoms with van der Waals surface area (Å²) in [6, 6.07) is 0. The Kier molecular flexibility index (Phi) is 38.5. The lowest BCUT2D eigenvalue weighted by Gasteiger charge is -1.53. The lowest BCUT2D eigenvalue weighted by atomic mass is 10.8. The summed E-state index contributed by atoms with van der Waals surface area (Å²) < 4.78 is 0. The fourth-order valence-electron chi connectivity index (χ4n) is 0. The van der Waals surface area contributed by atoms with Crippen molar-refractivity contribution in [3.63, 3.8) is 0 Å². The van der Waals surface area contributed by atoms with Crippen LogP contribution in [0.2, 0.25) is 0 Å². The van der Waals surface area contributed by atoms with Gasteiger partial charge in [-0.1, -0.05) is 6.92 Å². The number of hydrogen-bond acceptors (Lipinski definition) is 2. The standard InChI is InChI=1S/C2H7N.CH2O2/c1-2-3;2-1-3/h2-3H2,1H3;1H,(H,2,3). The zero-order valence-corrected chi connectivity index (χ0v) is 3.72. The van der Waals surface area contributed by atoms with Gasteiger partial charge in [-0.3, -0.25) is 4.79 Å². The average Bonchev–Trinajstić information content (AvgIpc) is 1.39. The summed E-state index contributed by atoms with van der Waals surface area (Å²) >= 11 is 0. The first-order chi connectivity index (χ1) is 2.83. The molecule has 0 aliphatic rings. The molecule has 0 aromatic heterocycles. The summed E-state index contributed by atoms with van der Waals surface area (Å²) in [7, 11) is 0. The third-order valence-electron chi connectivity index (χ3n) is 0. The predicted octanol–water partition coefficient (Wildman–Crippen LogP) is -0.334. The highest BCUT2D eigenvalue weighted by molar-refractivity contribution is 5.32. The Balaban J connectivity index is 0. The zero-order chi connectivity index (χ0) is 5.41. The molecule has 3 heteroatoms. The Hall–Kier alpha value is -0.570. The highest BCUT2D eigenvalue weighted by Crippen LogP contribution is 1.20. The smallest absolute Gasteiger partial charge is 0.290 e. The van der Waals surface area contributed by atoms with Crippen LogP contribution in [0.4, 0.5) is 0 Å². The quantitative estimate of drug-likeness (QED) is 0.401. The molecule has 3 nitrogen and oxygen atoms in total.